The van der Waals surface area contributed by atoms with E-state index in [-0.39, 0.29) is 11.8 Å². The van der Waals surface area contributed by atoms with Gasteiger partial charge in [0.2, 0.25) is 11.8 Å². The maximum absolute atomic E-state index is 12.0. The predicted molar refractivity (Wildman–Crippen MR) is 77.6 cm³/mol. The predicted octanol–water partition coefficient (Wildman–Crippen LogP) is 2.32. The number of alkyl halides is 1. The standard InChI is InChI=1S/C14H15BrN2O2/c15-7-9-5-14(19)17(8-9)11-3-1-10-2-4-13(18)16-12(10)6-11/h1,3,6,9H,2,4-5,7-8H2,(H,16,18). The van der Waals surface area contributed by atoms with Crippen LogP contribution >= 0.6 is 15.9 Å². The number of rotatable bonds is 2. The van der Waals surface area contributed by atoms with E-state index in [1.807, 2.05) is 23.1 Å². The van der Waals surface area contributed by atoms with Crippen molar-refractivity contribution in [2.24, 2.45) is 5.92 Å². The summed E-state index contributed by atoms with van der Waals surface area (Å²) in [4.78, 5) is 25.2. The van der Waals surface area contributed by atoms with Crippen molar-refractivity contribution in [1.82, 2.24) is 0 Å². The summed E-state index contributed by atoms with van der Waals surface area (Å²) in [5.74, 6) is 0.584. The molecule has 4 nitrogen and oxygen atoms in total. The Kier molecular flexibility index (Phi) is 3.31. The number of benzene rings is 1. The van der Waals surface area contributed by atoms with E-state index >= 15 is 0 Å². The van der Waals surface area contributed by atoms with Crippen LogP contribution < -0.4 is 10.2 Å². The molecule has 1 unspecified atom stereocenters. The van der Waals surface area contributed by atoms with Gasteiger partial charge in [-0.1, -0.05) is 22.0 Å². The molecule has 1 fully saturated rings. The lowest BCUT2D eigenvalue weighted by Gasteiger charge is -2.21. The van der Waals surface area contributed by atoms with E-state index in [4.69, 9.17) is 0 Å². The van der Waals surface area contributed by atoms with Crippen molar-refractivity contribution in [1.29, 1.82) is 0 Å². The van der Waals surface area contributed by atoms with E-state index in [1.165, 1.54) is 0 Å². The van der Waals surface area contributed by atoms with Gasteiger partial charge in [-0.15, -0.1) is 0 Å². The fraction of sp³-hybridized carbons (Fsp3) is 0.429. The van der Waals surface area contributed by atoms with E-state index in [0.29, 0.717) is 18.8 Å². The molecule has 1 atom stereocenters. The summed E-state index contributed by atoms with van der Waals surface area (Å²) in [5.41, 5.74) is 2.88. The maximum atomic E-state index is 12.0. The van der Waals surface area contributed by atoms with Gasteiger partial charge in [-0.3, -0.25) is 9.59 Å². The first-order chi connectivity index (χ1) is 9.17. The maximum Gasteiger partial charge on any atom is 0.227 e. The molecule has 0 aromatic heterocycles. The second-order valence-electron chi connectivity index (χ2n) is 5.12. The fourth-order valence-electron chi connectivity index (χ4n) is 2.66. The highest BCUT2D eigenvalue weighted by Crippen LogP contribution is 2.31. The SMILES string of the molecule is O=C1CCc2ccc(N3CC(CBr)CC3=O)cc2N1. The first-order valence-corrected chi connectivity index (χ1v) is 7.58. The Labute approximate surface area is 120 Å². The van der Waals surface area contributed by atoms with Crippen molar-refractivity contribution in [3.63, 3.8) is 0 Å². The third-order valence-electron chi connectivity index (χ3n) is 3.72. The van der Waals surface area contributed by atoms with Crippen LogP contribution in [0.1, 0.15) is 18.4 Å². The second kappa shape index (κ2) is 4.96. The van der Waals surface area contributed by atoms with Gasteiger partial charge in [0, 0.05) is 36.1 Å². The van der Waals surface area contributed by atoms with Crippen molar-refractivity contribution >= 4 is 39.1 Å². The highest BCUT2D eigenvalue weighted by Gasteiger charge is 2.30. The minimum absolute atomic E-state index is 0.0516. The quantitative estimate of drug-likeness (QED) is 0.849. The molecule has 2 aliphatic heterocycles. The lowest BCUT2D eigenvalue weighted by molar-refractivity contribution is -0.117. The Morgan fingerprint density at radius 3 is 2.89 bits per heavy atom. The van der Waals surface area contributed by atoms with Crippen LogP contribution in [-0.4, -0.2) is 23.7 Å². The van der Waals surface area contributed by atoms with Gasteiger partial charge in [-0.05, 0) is 30.0 Å². The third-order valence-corrected chi connectivity index (χ3v) is 4.64. The minimum atomic E-state index is 0.0516. The molecule has 1 aromatic carbocycles. The molecule has 0 spiro atoms. The van der Waals surface area contributed by atoms with Crippen molar-refractivity contribution in [2.75, 3.05) is 22.1 Å². The summed E-state index contributed by atoms with van der Waals surface area (Å²) >= 11 is 3.44. The number of halogens is 1. The molecule has 1 N–H and O–H groups in total. The van der Waals surface area contributed by atoms with E-state index in [9.17, 15) is 9.59 Å². The number of carbonyl (C=O) groups is 2. The summed E-state index contributed by atoms with van der Waals surface area (Å²) in [5, 5.41) is 3.72. The van der Waals surface area contributed by atoms with Crippen LogP contribution in [0.25, 0.3) is 0 Å². The Morgan fingerprint density at radius 2 is 2.16 bits per heavy atom. The van der Waals surface area contributed by atoms with Gasteiger partial charge >= 0.3 is 0 Å². The first kappa shape index (κ1) is 12.7. The zero-order valence-electron chi connectivity index (χ0n) is 10.5. The highest BCUT2D eigenvalue weighted by atomic mass is 79.9. The Balaban J connectivity index is 1.88. The Hall–Kier alpha value is -1.36. The molecular formula is C14H15BrN2O2. The number of carbonyl (C=O) groups excluding carboxylic acids is 2. The lowest BCUT2D eigenvalue weighted by atomic mass is 10.0. The smallest absolute Gasteiger partial charge is 0.227 e. The van der Waals surface area contributed by atoms with Crippen molar-refractivity contribution in [3.8, 4) is 0 Å². The van der Waals surface area contributed by atoms with Gasteiger partial charge in [0.15, 0.2) is 0 Å². The van der Waals surface area contributed by atoms with E-state index in [0.717, 1.165) is 35.2 Å². The van der Waals surface area contributed by atoms with Crippen LogP contribution in [0, 0.1) is 5.92 Å². The number of anilines is 2. The van der Waals surface area contributed by atoms with Gasteiger partial charge in [0.05, 0.1) is 0 Å². The number of nitrogens with one attached hydrogen (secondary N) is 1. The molecule has 1 saturated heterocycles. The number of nitrogens with zero attached hydrogens (tertiary/aromatic N) is 1. The molecule has 0 saturated carbocycles. The van der Waals surface area contributed by atoms with Crippen molar-refractivity contribution in [3.05, 3.63) is 23.8 Å². The number of aryl methyl sites for hydroxylation is 1. The summed E-state index contributed by atoms with van der Waals surface area (Å²) in [6, 6.07) is 5.91. The summed E-state index contributed by atoms with van der Waals surface area (Å²) < 4.78 is 0. The largest absolute Gasteiger partial charge is 0.326 e. The van der Waals surface area contributed by atoms with Crippen LogP contribution in [-0.2, 0) is 16.0 Å². The molecule has 100 valence electrons. The van der Waals surface area contributed by atoms with Crippen LogP contribution in [0.3, 0.4) is 0 Å². The van der Waals surface area contributed by atoms with Crippen molar-refractivity contribution in [2.45, 2.75) is 19.3 Å². The summed E-state index contributed by atoms with van der Waals surface area (Å²) in [6.45, 7) is 0.747. The zero-order valence-corrected chi connectivity index (χ0v) is 12.1. The first-order valence-electron chi connectivity index (χ1n) is 6.46. The summed E-state index contributed by atoms with van der Waals surface area (Å²) in [6.07, 6.45) is 1.91. The van der Waals surface area contributed by atoms with Gasteiger partial charge < -0.3 is 10.2 Å². The van der Waals surface area contributed by atoms with E-state index < -0.39 is 0 Å². The summed E-state index contributed by atoms with van der Waals surface area (Å²) in [7, 11) is 0. The zero-order chi connectivity index (χ0) is 13.4. The van der Waals surface area contributed by atoms with Gasteiger partial charge in [0.25, 0.3) is 0 Å². The van der Waals surface area contributed by atoms with Gasteiger partial charge in [0.1, 0.15) is 0 Å². The monoisotopic (exact) mass is 322 g/mol. The van der Waals surface area contributed by atoms with Gasteiger partial charge in [-0.25, -0.2) is 0 Å². The highest BCUT2D eigenvalue weighted by molar-refractivity contribution is 9.09. The van der Waals surface area contributed by atoms with Crippen LogP contribution in [0.5, 0.6) is 0 Å². The molecule has 19 heavy (non-hydrogen) atoms. The molecule has 2 heterocycles. The molecule has 0 radical (unpaired) electrons. The van der Waals surface area contributed by atoms with Crippen LogP contribution in [0.2, 0.25) is 0 Å². The molecule has 0 bridgehead atoms. The van der Waals surface area contributed by atoms with E-state index in [1.54, 1.807) is 0 Å². The molecule has 0 aliphatic carbocycles. The number of amides is 2. The molecule has 5 heteroatoms. The van der Waals surface area contributed by atoms with Crippen molar-refractivity contribution < 1.29 is 9.59 Å². The molecule has 2 aliphatic rings. The normalized spacial score (nSPS) is 22.4. The average Bonchev–Trinajstić information content (AvgIpc) is 2.79. The lowest BCUT2D eigenvalue weighted by Crippen LogP contribution is -2.25. The second-order valence-corrected chi connectivity index (χ2v) is 5.77. The molecule has 2 amide bonds. The van der Waals surface area contributed by atoms with Crippen LogP contribution in [0.15, 0.2) is 18.2 Å². The average molecular weight is 323 g/mol. The third kappa shape index (κ3) is 2.39. The fourth-order valence-corrected chi connectivity index (χ4v) is 3.10. The molecule has 3 rings (SSSR count). The Morgan fingerprint density at radius 1 is 1.32 bits per heavy atom. The number of fused-ring (bicyclic) bond motifs is 1. The molecular weight excluding hydrogens is 308 g/mol. The van der Waals surface area contributed by atoms with Crippen LogP contribution in [0.4, 0.5) is 11.4 Å². The topological polar surface area (TPSA) is 49.4 Å². The van der Waals surface area contributed by atoms with Gasteiger partial charge in [-0.2, -0.15) is 0 Å². The Bertz CT molecular complexity index is 544. The molecule has 1 aromatic rings. The van der Waals surface area contributed by atoms with E-state index in [2.05, 4.69) is 21.2 Å². The number of hydrogen-bond donors (Lipinski definition) is 1. The number of hydrogen-bond acceptors (Lipinski definition) is 2. The minimum Gasteiger partial charge on any atom is -0.326 e.